The van der Waals surface area contributed by atoms with Gasteiger partial charge in [-0.2, -0.15) is 14.4 Å². The smallest absolute Gasteiger partial charge is 0.312 e. The largest absolute Gasteiger partial charge is 0.358 e. The number of halogens is 2. The minimum Gasteiger partial charge on any atom is -0.358 e. The predicted octanol–water partition coefficient (Wildman–Crippen LogP) is 4.62. The second-order valence-electron chi connectivity index (χ2n) is 7.02. The molecule has 0 spiro atoms. The van der Waals surface area contributed by atoms with Crippen molar-refractivity contribution < 1.29 is 9.18 Å². The molecule has 0 aliphatic rings. The average Bonchev–Trinajstić information content (AvgIpc) is 3.28. The highest BCUT2D eigenvalue weighted by atomic mass is 35.5. The van der Waals surface area contributed by atoms with Gasteiger partial charge in [-0.05, 0) is 30.0 Å². The van der Waals surface area contributed by atoms with E-state index >= 15 is 0 Å². The molecule has 0 saturated carbocycles. The molecular weight excluding hydrogens is 419 g/mol. The Bertz CT molecular complexity index is 947. The van der Waals surface area contributed by atoms with Crippen molar-refractivity contribution in [1.29, 1.82) is 0 Å². The van der Waals surface area contributed by atoms with Gasteiger partial charge in [0.05, 0.1) is 0 Å². The lowest BCUT2D eigenvalue weighted by atomic mass is 10.0. The monoisotopic (exact) mass is 446 g/mol. The van der Waals surface area contributed by atoms with Crippen LogP contribution in [0.25, 0.3) is 5.82 Å². The van der Waals surface area contributed by atoms with E-state index in [1.54, 1.807) is 35.2 Å². The maximum atomic E-state index is 13.9. The van der Waals surface area contributed by atoms with Crippen molar-refractivity contribution in [3.63, 3.8) is 0 Å². The van der Waals surface area contributed by atoms with Crippen LogP contribution in [0.5, 0.6) is 0 Å². The highest BCUT2D eigenvalue weighted by Crippen LogP contribution is 2.15. The summed E-state index contributed by atoms with van der Waals surface area (Å²) in [6.45, 7) is 8.39. The molecule has 0 bridgehead atoms. The van der Waals surface area contributed by atoms with Gasteiger partial charge in [0, 0.05) is 30.0 Å². The number of aromatic nitrogens is 4. The molecule has 2 heterocycles. The molecule has 1 atom stereocenters. The van der Waals surface area contributed by atoms with E-state index in [1.807, 2.05) is 39.8 Å². The quantitative estimate of drug-likeness (QED) is 0.493. The van der Waals surface area contributed by atoms with Gasteiger partial charge >= 0.3 is 6.08 Å². The number of benzene rings is 1. The van der Waals surface area contributed by atoms with Crippen LogP contribution in [0, 0.1) is 12.0 Å². The second kappa shape index (κ2) is 12.0. The van der Waals surface area contributed by atoms with E-state index in [9.17, 15) is 9.18 Å². The molecule has 31 heavy (non-hydrogen) atoms. The molecule has 0 saturated heterocycles. The lowest BCUT2D eigenvalue weighted by molar-refractivity contribution is -0.122. The summed E-state index contributed by atoms with van der Waals surface area (Å²) in [5.41, 5.74) is 0.932. The topological polar surface area (TPSA) is 84.7 Å². The molecule has 0 unspecified atom stereocenters. The number of anilines is 1. The molecule has 2 aromatic heterocycles. The first-order chi connectivity index (χ1) is 14.9. The Labute approximate surface area is 187 Å². The summed E-state index contributed by atoms with van der Waals surface area (Å²) in [5, 5.41) is 6.58. The summed E-state index contributed by atoms with van der Waals surface area (Å²) >= 11 is 5.89. The van der Waals surface area contributed by atoms with E-state index in [4.69, 9.17) is 11.6 Å². The fourth-order valence-corrected chi connectivity index (χ4v) is 2.93. The molecule has 0 aliphatic heterocycles. The molecule has 0 fully saturated rings. The molecule has 166 valence electrons. The fourth-order valence-electron chi connectivity index (χ4n) is 2.80. The number of hydrogen-bond donors (Lipinski definition) is 2. The molecule has 9 heteroatoms. The summed E-state index contributed by atoms with van der Waals surface area (Å²) in [6.07, 6.45) is 4.40. The van der Waals surface area contributed by atoms with Crippen molar-refractivity contribution >= 4 is 23.3 Å². The minimum atomic E-state index is -0.886. The van der Waals surface area contributed by atoms with Gasteiger partial charge in [0.2, 0.25) is 5.91 Å². The second-order valence-corrected chi connectivity index (χ2v) is 7.46. The van der Waals surface area contributed by atoms with E-state index in [0.29, 0.717) is 23.8 Å². The van der Waals surface area contributed by atoms with Crippen molar-refractivity contribution in [2.24, 2.45) is 5.92 Å². The number of carbonyl (C=O) groups excluding carboxylic acids is 1. The normalized spacial score (nSPS) is 11.5. The van der Waals surface area contributed by atoms with Crippen LogP contribution in [0.3, 0.4) is 0 Å². The Hall–Kier alpha value is -3.00. The highest BCUT2D eigenvalue weighted by molar-refractivity contribution is 6.30. The molecule has 1 amide bonds. The van der Waals surface area contributed by atoms with Crippen LogP contribution in [-0.4, -0.2) is 31.5 Å². The van der Waals surface area contributed by atoms with Gasteiger partial charge < -0.3 is 10.6 Å². The zero-order chi connectivity index (χ0) is 22.8. The van der Waals surface area contributed by atoms with Crippen molar-refractivity contribution in [2.75, 3.05) is 5.32 Å². The molecule has 2 N–H and O–H groups in total. The molecule has 3 aromatic rings. The van der Waals surface area contributed by atoms with Gasteiger partial charge in [-0.15, -0.1) is 0 Å². The maximum absolute atomic E-state index is 13.9. The number of nitrogens with one attached hydrogen (secondary N) is 2. The van der Waals surface area contributed by atoms with Crippen LogP contribution >= 0.6 is 11.6 Å². The van der Waals surface area contributed by atoms with E-state index in [-0.39, 0.29) is 17.6 Å². The van der Waals surface area contributed by atoms with Crippen LogP contribution in [-0.2, 0) is 11.3 Å². The lowest BCUT2D eigenvalue weighted by Gasteiger charge is -2.21. The number of rotatable bonds is 8. The Balaban J connectivity index is 0.00000166. The number of nitrogens with zero attached hydrogens (tertiary/aromatic N) is 4. The summed E-state index contributed by atoms with van der Waals surface area (Å²) in [4.78, 5) is 24.3. The van der Waals surface area contributed by atoms with E-state index in [2.05, 4.69) is 25.6 Å². The first-order valence-corrected chi connectivity index (χ1v) is 10.6. The Morgan fingerprint density at radius 2 is 1.90 bits per heavy atom. The van der Waals surface area contributed by atoms with Crippen molar-refractivity contribution in [3.05, 3.63) is 65.7 Å². The SMILES string of the molecule is CC.CC(C)C[C@@H](Nc1cc(-n2ccnc2)nc(F)n1)C(=O)NCc1ccc(Cl)cc1. The van der Waals surface area contributed by atoms with Crippen LogP contribution in [0.15, 0.2) is 49.1 Å². The molecule has 1 aromatic carbocycles. The van der Waals surface area contributed by atoms with Crippen molar-refractivity contribution in [1.82, 2.24) is 24.8 Å². The molecular formula is C22H28ClFN6O. The average molecular weight is 447 g/mol. The van der Waals surface area contributed by atoms with Crippen molar-refractivity contribution in [2.45, 2.75) is 46.7 Å². The van der Waals surface area contributed by atoms with E-state index in [0.717, 1.165) is 5.56 Å². The van der Waals surface area contributed by atoms with Crippen LogP contribution in [0.2, 0.25) is 5.02 Å². The molecule has 0 radical (unpaired) electrons. The number of imidazole rings is 1. The highest BCUT2D eigenvalue weighted by Gasteiger charge is 2.21. The fraction of sp³-hybridized carbons (Fsp3) is 0.364. The zero-order valence-electron chi connectivity index (χ0n) is 18.1. The van der Waals surface area contributed by atoms with Gasteiger partial charge in [-0.1, -0.05) is 51.4 Å². The number of hydrogen-bond acceptors (Lipinski definition) is 5. The van der Waals surface area contributed by atoms with Gasteiger partial charge in [-0.3, -0.25) is 9.36 Å². The van der Waals surface area contributed by atoms with Crippen LogP contribution in [0.1, 0.15) is 39.7 Å². The first-order valence-electron chi connectivity index (χ1n) is 10.2. The summed E-state index contributed by atoms with van der Waals surface area (Å²) in [7, 11) is 0. The van der Waals surface area contributed by atoms with E-state index in [1.165, 1.54) is 6.33 Å². The van der Waals surface area contributed by atoms with Gasteiger partial charge in [0.25, 0.3) is 0 Å². The first kappa shape index (κ1) is 24.3. The lowest BCUT2D eigenvalue weighted by Crippen LogP contribution is -2.40. The number of carbonyl (C=O) groups is 1. The Morgan fingerprint density at radius 1 is 1.19 bits per heavy atom. The summed E-state index contributed by atoms with van der Waals surface area (Å²) in [6, 6.07) is 8.25. The van der Waals surface area contributed by atoms with Crippen LogP contribution < -0.4 is 10.6 Å². The molecule has 7 nitrogen and oxygen atoms in total. The van der Waals surface area contributed by atoms with Gasteiger partial charge in [0.15, 0.2) is 0 Å². The predicted molar refractivity (Wildman–Crippen MR) is 121 cm³/mol. The standard InChI is InChI=1S/C20H22ClFN6O.C2H6/c1-13(2)9-16(19(29)24-11-14-3-5-15(21)6-4-14)25-17-10-18(27-20(22)26-17)28-8-7-23-12-28;1-2/h3-8,10,12-13,16H,9,11H2,1-2H3,(H,24,29)(H,25,26,27);1-2H3/t16-;/m1./s1. The molecule has 0 aliphatic carbocycles. The van der Waals surface area contributed by atoms with Gasteiger partial charge in [0.1, 0.15) is 24.0 Å². The van der Waals surface area contributed by atoms with E-state index < -0.39 is 12.1 Å². The zero-order valence-corrected chi connectivity index (χ0v) is 18.9. The summed E-state index contributed by atoms with van der Waals surface area (Å²) < 4.78 is 15.5. The Morgan fingerprint density at radius 3 is 2.52 bits per heavy atom. The minimum absolute atomic E-state index is 0.197. The van der Waals surface area contributed by atoms with Crippen molar-refractivity contribution in [3.8, 4) is 5.82 Å². The third kappa shape index (κ3) is 7.64. The maximum Gasteiger partial charge on any atom is 0.312 e. The third-order valence-corrected chi connectivity index (χ3v) is 4.43. The summed E-state index contributed by atoms with van der Waals surface area (Å²) in [5.74, 6) is 0.598. The Kier molecular flexibility index (Phi) is 9.40. The number of amides is 1. The van der Waals surface area contributed by atoms with Crippen LogP contribution in [0.4, 0.5) is 10.2 Å². The molecule has 3 rings (SSSR count). The van der Waals surface area contributed by atoms with Gasteiger partial charge in [-0.25, -0.2) is 4.98 Å². The third-order valence-electron chi connectivity index (χ3n) is 4.18.